The highest BCUT2D eigenvalue weighted by Crippen LogP contribution is 2.37. The lowest BCUT2D eigenvalue weighted by Crippen LogP contribution is -2.15. The average molecular weight is 409 g/mol. The quantitative estimate of drug-likeness (QED) is 0.592. The Hall–Kier alpha value is -2.93. The molecule has 0 saturated carbocycles. The van der Waals surface area contributed by atoms with E-state index in [1.165, 1.54) is 0 Å². The lowest BCUT2D eigenvalue weighted by molar-refractivity contribution is 0.822. The van der Waals surface area contributed by atoms with Gasteiger partial charge in [0.15, 0.2) is 11.6 Å². The standard InChI is InChI=1S/C19H17BrN6/c20-13-8-6-12(7-9-13)14-10-15(11-4-2-1-3-5-11)24-18-16(23-14)17(21)25-19(22)26-18/h1-9,15H,10H2,(H5,21,22,24,25,26). The molecular weight excluding hydrogens is 392 g/mol. The molecule has 1 atom stereocenters. The maximum Gasteiger partial charge on any atom is 0.224 e. The van der Waals surface area contributed by atoms with Crippen molar-refractivity contribution < 1.29 is 0 Å². The second kappa shape index (κ2) is 6.76. The molecule has 0 radical (unpaired) electrons. The summed E-state index contributed by atoms with van der Waals surface area (Å²) in [5.74, 6) is 0.946. The molecule has 2 aromatic carbocycles. The van der Waals surface area contributed by atoms with Crippen molar-refractivity contribution in [3.63, 3.8) is 0 Å². The zero-order chi connectivity index (χ0) is 18.1. The van der Waals surface area contributed by atoms with Crippen LogP contribution >= 0.6 is 15.9 Å². The molecule has 1 aliphatic heterocycles. The van der Waals surface area contributed by atoms with E-state index in [0.717, 1.165) is 21.3 Å². The van der Waals surface area contributed by atoms with Crippen LogP contribution < -0.4 is 16.8 Å². The van der Waals surface area contributed by atoms with Crippen molar-refractivity contribution in [1.82, 2.24) is 9.97 Å². The van der Waals surface area contributed by atoms with Gasteiger partial charge in [0.2, 0.25) is 5.95 Å². The van der Waals surface area contributed by atoms with Gasteiger partial charge in [0.05, 0.1) is 11.8 Å². The van der Waals surface area contributed by atoms with Crippen LogP contribution in [0.15, 0.2) is 64.1 Å². The number of fused-ring (bicyclic) bond motifs is 1. The molecule has 7 heteroatoms. The van der Waals surface area contributed by atoms with Crippen molar-refractivity contribution in [3.05, 3.63) is 70.2 Å². The number of anilines is 3. The maximum absolute atomic E-state index is 6.07. The highest BCUT2D eigenvalue weighted by atomic mass is 79.9. The topological polar surface area (TPSA) is 102 Å². The molecular formula is C19H17BrN6. The maximum atomic E-state index is 6.07. The van der Waals surface area contributed by atoms with Crippen LogP contribution in [0, 0.1) is 0 Å². The van der Waals surface area contributed by atoms with Crippen LogP contribution in [-0.4, -0.2) is 15.7 Å². The lowest BCUT2D eigenvalue weighted by Gasteiger charge is -2.19. The van der Waals surface area contributed by atoms with E-state index in [4.69, 9.17) is 16.5 Å². The predicted molar refractivity (Wildman–Crippen MR) is 109 cm³/mol. The van der Waals surface area contributed by atoms with Gasteiger partial charge in [-0.05, 0) is 23.3 Å². The third-order valence-electron chi connectivity index (χ3n) is 4.26. The third-order valence-corrected chi connectivity index (χ3v) is 4.79. The Morgan fingerprint density at radius 1 is 0.962 bits per heavy atom. The zero-order valence-corrected chi connectivity index (χ0v) is 15.4. The number of aliphatic imine (C=N–C) groups is 1. The van der Waals surface area contributed by atoms with Crippen molar-refractivity contribution in [2.24, 2.45) is 4.99 Å². The molecule has 26 heavy (non-hydrogen) atoms. The summed E-state index contributed by atoms with van der Waals surface area (Å²) in [4.78, 5) is 13.2. The molecule has 2 heterocycles. The molecule has 0 bridgehead atoms. The summed E-state index contributed by atoms with van der Waals surface area (Å²) in [5.41, 5.74) is 15.5. The molecule has 1 aliphatic rings. The minimum absolute atomic E-state index is 0.00598. The van der Waals surface area contributed by atoms with Crippen LogP contribution in [0.4, 0.5) is 23.3 Å². The van der Waals surface area contributed by atoms with E-state index in [-0.39, 0.29) is 17.8 Å². The Bertz CT molecular complexity index is 969. The number of aromatic nitrogens is 2. The van der Waals surface area contributed by atoms with E-state index in [2.05, 4.69) is 43.3 Å². The van der Waals surface area contributed by atoms with Gasteiger partial charge in [-0.3, -0.25) is 0 Å². The second-order valence-corrected chi connectivity index (χ2v) is 6.96. The smallest absolute Gasteiger partial charge is 0.224 e. The molecule has 0 amide bonds. The Balaban J connectivity index is 1.86. The van der Waals surface area contributed by atoms with Crippen molar-refractivity contribution >= 4 is 44.9 Å². The fourth-order valence-electron chi connectivity index (χ4n) is 3.00. The second-order valence-electron chi connectivity index (χ2n) is 6.04. The molecule has 0 saturated heterocycles. The molecule has 1 aromatic heterocycles. The van der Waals surface area contributed by atoms with Gasteiger partial charge in [-0.15, -0.1) is 0 Å². The largest absolute Gasteiger partial charge is 0.382 e. The van der Waals surface area contributed by atoms with E-state index >= 15 is 0 Å². The molecule has 6 nitrogen and oxygen atoms in total. The monoisotopic (exact) mass is 408 g/mol. The number of nitrogens with two attached hydrogens (primary N) is 2. The Morgan fingerprint density at radius 2 is 1.69 bits per heavy atom. The number of halogens is 1. The molecule has 0 fully saturated rings. The van der Waals surface area contributed by atoms with Crippen LogP contribution in [0.3, 0.4) is 0 Å². The molecule has 5 N–H and O–H groups in total. The van der Waals surface area contributed by atoms with Crippen molar-refractivity contribution in [2.45, 2.75) is 12.5 Å². The third kappa shape index (κ3) is 3.25. The minimum atomic E-state index is -0.00598. The fraction of sp³-hybridized carbons (Fsp3) is 0.105. The SMILES string of the molecule is Nc1nc(N)c2c(n1)NC(c1ccccc1)CC(c1ccc(Br)cc1)=N2. The highest BCUT2D eigenvalue weighted by Gasteiger charge is 2.24. The number of rotatable bonds is 2. The number of nitrogens with zero attached hydrogens (tertiary/aromatic N) is 3. The number of hydrogen-bond donors (Lipinski definition) is 3. The van der Waals surface area contributed by atoms with Gasteiger partial charge in [0.1, 0.15) is 5.69 Å². The molecule has 130 valence electrons. The molecule has 1 unspecified atom stereocenters. The summed E-state index contributed by atoms with van der Waals surface area (Å²) in [6.07, 6.45) is 0.682. The van der Waals surface area contributed by atoms with Crippen LogP contribution in [-0.2, 0) is 0 Å². The van der Waals surface area contributed by atoms with E-state index in [1.807, 2.05) is 42.5 Å². The Labute approximate surface area is 159 Å². The van der Waals surface area contributed by atoms with Crippen molar-refractivity contribution in [1.29, 1.82) is 0 Å². The summed E-state index contributed by atoms with van der Waals surface area (Å²) in [6, 6.07) is 18.2. The van der Waals surface area contributed by atoms with Crippen LogP contribution in [0.2, 0.25) is 0 Å². The summed E-state index contributed by atoms with van der Waals surface area (Å²) in [5, 5.41) is 3.43. The van der Waals surface area contributed by atoms with Crippen LogP contribution in [0.25, 0.3) is 0 Å². The highest BCUT2D eigenvalue weighted by molar-refractivity contribution is 9.10. The van der Waals surface area contributed by atoms with Gasteiger partial charge in [0.25, 0.3) is 0 Å². The average Bonchev–Trinajstić information content (AvgIpc) is 2.83. The first-order chi connectivity index (χ1) is 12.6. The van der Waals surface area contributed by atoms with Gasteiger partial charge in [-0.25, -0.2) is 4.99 Å². The first kappa shape index (κ1) is 16.5. The van der Waals surface area contributed by atoms with E-state index < -0.39 is 0 Å². The summed E-state index contributed by atoms with van der Waals surface area (Å²) >= 11 is 3.47. The first-order valence-corrected chi connectivity index (χ1v) is 8.97. The number of nitrogen functional groups attached to an aromatic ring is 2. The van der Waals surface area contributed by atoms with Gasteiger partial charge in [-0.2, -0.15) is 9.97 Å². The fourth-order valence-corrected chi connectivity index (χ4v) is 3.27. The zero-order valence-electron chi connectivity index (χ0n) is 13.9. The van der Waals surface area contributed by atoms with Gasteiger partial charge >= 0.3 is 0 Å². The summed E-state index contributed by atoms with van der Waals surface area (Å²) in [7, 11) is 0. The number of benzene rings is 2. The van der Waals surface area contributed by atoms with E-state index in [1.54, 1.807) is 0 Å². The van der Waals surface area contributed by atoms with Gasteiger partial charge in [-0.1, -0.05) is 58.4 Å². The molecule has 4 rings (SSSR count). The number of hydrogen-bond acceptors (Lipinski definition) is 6. The van der Waals surface area contributed by atoms with Crippen LogP contribution in [0.5, 0.6) is 0 Å². The molecule has 0 spiro atoms. The lowest BCUT2D eigenvalue weighted by atomic mass is 9.97. The molecule has 3 aromatic rings. The number of nitrogens with one attached hydrogen (secondary N) is 1. The predicted octanol–water partition coefficient (Wildman–Crippen LogP) is 4.08. The van der Waals surface area contributed by atoms with Gasteiger partial charge < -0.3 is 16.8 Å². The summed E-state index contributed by atoms with van der Waals surface area (Å²) < 4.78 is 1.02. The summed E-state index contributed by atoms with van der Waals surface area (Å²) in [6.45, 7) is 0. The Kier molecular flexibility index (Phi) is 4.30. The first-order valence-electron chi connectivity index (χ1n) is 8.18. The van der Waals surface area contributed by atoms with E-state index in [0.29, 0.717) is 17.9 Å². The minimum Gasteiger partial charge on any atom is -0.382 e. The van der Waals surface area contributed by atoms with Crippen molar-refractivity contribution in [2.75, 3.05) is 16.8 Å². The molecule has 0 aliphatic carbocycles. The van der Waals surface area contributed by atoms with Crippen molar-refractivity contribution in [3.8, 4) is 0 Å². The van der Waals surface area contributed by atoms with E-state index in [9.17, 15) is 0 Å². The van der Waals surface area contributed by atoms with Crippen LogP contribution in [0.1, 0.15) is 23.6 Å². The Morgan fingerprint density at radius 3 is 2.42 bits per heavy atom. The normalized spacial score (nSPS) is 16.2. The van der Waals surface area contributed by atoms with Gasteiger partial charge in [0, 0.05) is 10.9 Å².